The molecule has 17 heavy (non-hydrogen) atoms. The van der Waals surface area contributed by atoms with Crippen LogP contribution in [0, 0.1) is 0 Å². The zero-order valence-corrected chi connectivity index (χ0v) is 10.4. The highest BCUT2D eigenvalue weighted by atomic mass is 16.5. The molecule has 2 aliphatic heterocycles. The molecule has 0 aromatic rings. The molecule has 0 spiro atoms. The van der Waals surface area contributed by atoms with Crippen LogP contribution in [0.5, 0.6) is 0 Å². The van der Waals surface area contributed by atoms with Gasteiger partial charge in [-0.25, -0.2) is 0 Å². The summed E-state index contributed by atoms with van der Waals surface area (Å²) in [6.45, 7) is 4.60. The lowest BCUT2D eigenvalue weighted by atomic mass is 10.1. The molecule has 98 valence electrons. The van der Waals surface area contributed by atoms with Gasteiger partial charge in [0.25, 0.3) is 5.91 Å². The maximum absolute atomic E-state index is 12.2. The Morgan fingerprint density at radius 2 is 2.24 bits per heavy atom. The van der Waals surface area contributed by atoms with Gasteiger partial charge in [0.05, 0.1) is 18.8 Å². The summed E-state index contributed by atoms with van der Waals surface area (Å²) in [6.07, 6.45) is 2.61. The normalized spacial score (nSPS) is 34.0. The second-order valence-electron chi connectivity index (χ2n) is 4.75. The molecule has 2 N–H and O–H groups in total. The number of amides is 1. The third-order valence-electron chi connectivity index (χ3n) is 3.55. The van der Waals surface area contributed by atoms with Gasteiger partial charge in [0, 0.05) is 19.6 Å². The van der Waals surface area contributed by atoms with Gasteiger partial charge in [-0.3, -0.25) is 4.79 Å². The Kier molecular flexibility index (Phi) is 4.36. The van der Waals surface area contributed by atoms with Crippen molar-refractivity contribution in [3.63, 3.8) is 0 Å². The molecule has 0 aromatic carbocycles. The van der Waals surface area contributed by atoms with Gasteiger partial charge in [0.15, 0.2) is 0 Å². The number of rotatable bonds is 3. The molecule has 2 fully saturated rings. The van der Waals surface area contributed by atoms with Crippen molar-refractivity contribution in [1.82, 2.24) is 4.90 Å². The van der Waals surface area contributed by atoms with Gasteiger partial charge in [-0.1, -0.05) is 6.92 Å². The van der Waals surface area contributed by atoms with Crippen molar-refractivity contribution in [3.05, 3.63) is 0 Å². The van der Waals surface area contributed by atoms with Crippen molar-refractivity contribution in [2.75, 3.05) is 26.2 Å². The lowest BCUT2D eigenvalue weighted by molar-refractivity contribution is -0.150. The molecular weight excluding hydrogens is 220 g/mol. The Bertz CT molecular complexity index is 272. The third kappa shape index (κ3) is 2.97. The molecule has 5 heteroatoms. The highest BCUT2D eigenvalue weighted by Gasteiger charge is 2.34. The van der Waals surface area contributed by atoms with Gasteiger partial charge in [0.2, 0.25) is 0 Å². The first-order chi connectivity index (χ1) is 8.24. The Balaban J connectivity index is 1.87. The van der Waals surface area contributed by atoms with Crippen LogP contribution < -0.4 is 5.73 Å². The number of nitrogens with zero attached hydrogens (tertiary/aromatic N) is 1. The van der Waals surface area contributed by atoms with E-state index in [-0.39, 0.29) is 24.2 Å². The summed E-state index contributed by atoms with van der Waals surface area (Å²) < 4.78 is 11.2. The number of hydrogen-bond donors (Lipinski definition) is 1. The monoisotopic (exact) mass is 242 g/mol. The number of carbonyl (C=O) groups excluding carboxylic acids is 1. The van der Waals surface area contributed by atoms with Crippen molar-refractivity contribution in [3.8, 4) is 0 Å². The first-order valence-corrected chi connectivity index (χ1v) is 6.50. The van der Waals surface area contributed by atoms with E-state index >= 15 is 0 Å². The maximum atomic E-state index is 12.2. The number of ether oxygens (including phenoxy) is 2. The van der Waals surface area contributed by atoms with Crippen LogP contribution in [0.1, 0.15) is 26.2 Å². The summed E-state index contributed by atoms with van der Waals surface area (Å²) in [6, 6.07) is 0. The largest absolute Gasteiger partial charge is 0.375 e. The highest BCUT2D eigenvalue weighted by Crippen LogP contribution is 2.21. The fraction of sp³-hybridized carbons (Fsp3) is 0.917. The number of hydrogen-bond acceptors (Lipinski definition) is 4. The lowest BCUT2D eigenvalue weighted by Crippen LogP contribution is -2.49. The summed E-state index contributed by atoms with van der Waals surface area (Å²) in [7, 11) is 0. The van der Waals surface area contributed by atoms with Gasteiger partial charge >= 0.3 is 0 Å². The van der Waals surface area contributed by atoms with E-state index in [1.165, 1.54) is 0 Å². The van der Waals surface area contributed by atoms with E-state index in [2.05, 4.69) is 6.92 Å². The Hall–Kier alpha value is -0.650. The Morgan fingerprint density at radius 3 is 2.88 bits per heavy atom. The van der Waals surface area contributed by atoms with E-state index in [1.54, 1.807) is 0 Å². The van der Waals surface area contributed by atoms with Gasteiger partial charge in [0.1, 0.15) is 6.10 Å². The molecule has 0 aromatic heterocycles. The summed E-state index contributed by atoms with van der Waals surface area (Å²) in [5.41, 5.74) is 5.55. The third-order valence-corrected chi connectivity index (χ3v) is 3.55. The number of carbonyl (C=O) groups is 1. The molecule has 0 saturated carbocycles. The molecule has 1 amide bonds. The van der Waals surface area contributed by atoms with Crippen LogP contribution in [0.25, 0.3) is 0 Å². The van der Waals surface area contributed by atoms with Crippen LogP contribution in [-0.4, -0.2) is 55.4 Å². The lowest BCUT2D eigenvalue weighted by Gasteiger charge is -2.33. The summed E-state index contributed by atoms with van der Waals surface area (Å²) in [5, 5.41) is 0. The highest BCUT2D eigenvalue weighted by molar-refractivity contribution is 5.81. The second-order valence-corrected chi connectivity index (χ2v) is 4.75. The van der Waals surface area contributed by atoms with E-state index < -0.39 is 0 Å². The van der Waals surface area contributed by atoms with Crippen molar-refractivity contribution in [2.45, 2.75) is 44.5 Å². The van der Waals surface area contributed by atoms with Crippen LogP contribution in [0.2, 0.25) is 0 Å². The van der Waals surface area contributed by atoms with Crippen LogP contribution in [-0.2, 0) is 14.3 Å². The quantitative estimate of drug-likeness (QED) is 0.764. The summed E-state index contributed by atoms with van der Waals surface area (Å²) in [4.78, 5) is 14.1. The SMILES string of the molecule is CCC1CN(C(=O)[C@@H]2CC[C@H](CN)O2)CCO1. The molecule has 0 radical (unpaired) electrons. The maximum Gasteiger partial charge on any atom is 0.251 e. The van der Waals surface area contributed by atoms with Gasteiger partial charge in [-0.15, -0.1) is 0 Å². The standard InChI is InChI=1S/C12H22N2O3/c1-2-9-8-14(5-6-16-9)12(15)11-4-3-10(7-13)17-11/h9-11H,2-8,13H2,1H3/t9?,10-,11+/m1/s1. The first kappa shape index (κ1) is 12.8. The van der Waals surface area contributed by atoms with Gasteiger partial charge in [-0.05, 0) is 19.3 Å². The van der Waals surface area contributed by atoms with Gasteiger partial charge < -0.3 is 20.1 Å². The predicted octanol–water partition coefficient (Wildman–Crippen LogP) is 0.130. The van der Waals surface area contributed by atoms with E-state index in [4.69, 9.17) is 15.2 Å². The molecule has 3 atom stereocenters. The molecule has 0 bridgehead atoms. The molecule has 2 heterocycles. The minimum absolute atomic E-state index is 0.0620. The van der Waals surface area contributed by atoms with Crippen LogP contribution in [0.15, 0.2) is 0 Å². The molecule has 2 rings (SSSR count). The van der Waals surface area contributed by atoms with Crippen LogP contribution in [0.3, 0.4) is 0 Å². The minimum atomic E-state index is -0.279. The average molecular weight is 242 g/mol. The molecule has 5 nitrogen and oxygen atoms in total. The first-order valence-electron chi connectivity index (χ1n) is 6.50. The van der Waals surface area contributed by atoms with E-state index in [0.717, 1.165) is 19.3 Å². The smallest absolute Gasteiger partial charge is 0.251 e. The fourth-order valence-corrected chi connectivity index (χ4v) is 2.43. The number of nitrogens with two attached hydrogens (primary N) is 1. The van der Waals surface area contributed by atoms with Crippen molar-refractivity contribution >= 4 is 5.91 Å². The average Bonchev–Trinajstić information content (AvgIpc) is 2.86. The molecule has 2 aliphatic rings. The molecule has 1 unspecified atom stereocenters. The van der Waals surface area contributed by atoms with E-state index in [0.29, 0.717) is 26.2 Å². The topological polar surface area (TPSA) is 64.8 Å². The van der Waals surface area contributed by atoms with Gasteiger partial charge in [-0.2, -0.15) is 0 Å². The molecular formula is C12H22N2O3. The van der Waals surface area contributed by atoms with Crippen LogP contribution >= 0.6 is 0 Å². The zero-order chi connectivity index (χ0) is 12.3. The molecule has 2 saturated heterocycles. The Morgan fingerprint density at radius 1 is 1.41 bits per heavy atom. The minimum Gasteiger partial charge on any atom is -0.375 e. The second kappa shape index (κ2) is 5.80. The zero-order valence-electron chi connectivity index (χ0n) is 10.4. The van der Waals surface area contributed by atoms with Crippen LogP contribution in [0.4, 0.5) is 0 Å². The predicted molar refractivity (Wildman–Crippen MR) is 63.6 cm³/mol. The fourth-order valence-electron chi connectivity index (χ4n) is 2.43. The van der Waals surface area contributed by atoms with Crippen molar-refractivity contribution in [2.24, 2.45) is 5.73 Å². The van der Waals surface area contributed by atoms with Crippen molar-refractivity contribution in [1.29, 1.82) is 0 Å². The summed E-state index contributed by atoms with van der Waals surface area (Å²) >= 11 is 0. The van der Waals surface area contributed by atoms with E-state index in [9.17, 15) is 4.79 Å². The number of morpholine rings is 1. The Labute approximate surface area is 102 Å². The van der Waals surface area contributed by atoms with Crippen molar-refractivity contribution < 1.29 is 14.3 Å². The van der Waals surface area contributed by atoms with E-state index in [1.807, 2.05) is 4.90 Å². The summed E-state index contributed by atoms with van der Waals surface area (Å²) in [5.74, 6) is 0.114. The molecule has 0 aliphatic carbocycles.